The zero-order chi connectivity index (χ0) is 46.2. The number of allylic oxidation sites excluding steroid dienone is 2. The van der Waals surface area contributed by atoms with Crippen LogP contribution < -0.4 is 11.5 Å². The number of carbonyl (C=O) groups excluding carboxylic acids is 2. The van der Waals surface area contributed by atoms with Crippen LogP contribution in [0.25, 0.3) is 6.08 Å². The first-order valence-electron chi connectivity index (χ1n) is 24.1. The highest BCUT2D eigenvalue weighted by Gasteiger charge is 2.85. The topological polar surface area (TPSA) is 217 Å². The van der Waals surface area contributed by atoms with E-state index in [1.54, 1.807) is 6.08 Å². The molecule has 4 fully saturated rings. The second-order valence-corrected chi connectivity index (χ2v) is 22.0. The molecule has 1 aromatic rings. The lowest BCUT2D eigenvalue weighted by Gasteiger charge is -2.71. The molecule has 0 heterocycles. The van der Waals surface area contributed by atoms with E-state index in [1.165, 1.54) is 6.92 Å². The van der Waals surface area contributed by atoms with E-state index in [-0.39, 0.29) is 55.2 Å². The lowest BCUT2D eigenvalue weighted by atomic mass is 9.32. The normalized spacial score (nSPS) is 45.8. The van der Waals surface area contributed by atoms with Crippen LogP contribution in [0.4, 0.5) is 0 Å². The van der Waals surface area contributed by atoms with Crippen molar-refractivity contribution in [1.82, 2.24) is 0 Å². The summed E-state index contributed by atoms with van der Waals surface area (Å²) < 4.78 is 0. The molecule has 0 aliphatic heterocycles. The van der Waals surface area contributed by atoms with Gasteiger partial charge in [-0.05, 0) is 91.9 Å². The Balaban J connectivity index is 1.29. The van der Waals surface area contributed by atoms with Gasteiger partial charge in [-0.3, -0.25) is 9.59 Å². The number of Topliss-reactive ketones (excluding diaryl/α,β-unsaturated/α-hetero) is 2. The van der Waals surface area contributed by atoms with Gasteiger partial charge in [0.1, 0.15) is 11.4 Å². The zero-order valence-electron chi connectivity index (χ0n) is 38.0. The van der Waals surface area contributed by atoms with Crippen molar-refractivity contribution in [2.75, 3.05) is 0 Å². The molecule has 0 radical (unpaired) electrons. The lowest BCUT2D eigenvalue weighted by Crippen LogP contribution is -2.72. The van der Waals surface area contributed by atoms with Gasteiger partial charge in [-0.1, -0.05) is 93.8 Å². The van der Waals surface area contributed by atoms with Crippen LogP contribution in [0.15, 0.2) is 88.0 Å². The molecule has 344 valence electrons. The molecule has 14 atom stereocenters. The van der Waals surface area contributed by atoms with Gasteiger partial charge in [0.2, 0.25) is 0 Å². The number of carboxylic acid groups (broad SMARTS) is 1. The van der Waals surface area contributed by atoms with Gasteiger partial charge in [-0.25, -0.2) is 9.79 Å². The smallest absolute Gasteiger partial charge is 0.331 e. The Kier molecular flexibility index (Phi) is 10.0. The predicted molar refractivity (Wildman–Crippen MR) is 246 cm³/mol. The molecule has 11 nitrogen and oxygen atoms in total. The molecule has 0 aromatic heterocycles. The van der Waals surface area contributed by atoms with Gasteiger partial charge in [0.15, 0.2) is 11.7 Å². The maximum absolute atomic E-state index is 16.2. The number of fused-ring (bicyclic) bond motifs is 2. The maximum Gasteiger partial charge on any atom is 0.331 e. The summed E-state index contributed by atoms with van der Waals surface area (Å²) in [4.78, 5) is 48.6. The third-order valence-corrected chi connectivity index (χ3v) is 19.3. The Morgan fingerprint density at radius 3 is 2.45 bits per heavy atom. The number of aliphatic imine (C=N–C) groups is 1. The van der Waals surface area contributed by atoms with Crippen molar-refractivity contribution in [2.24, 2.45) is 67.2 Å². The number of ketones is 2. The number of hydrogen-bond acceptors (Lipinski definition) is 8. The van der Waals surface area contributed by atoms with Gasteiger partial charge < -0.3 is 37.0 Å². The van der Waals surface area contributed by atoms with Crippen LogP contribution in [-0.2, 0) is 14.4 Å². The molecule has 0 saturated heterocycles. The van der Waals surface area contributed by atoms with Gasteiger partial charge in [-0.2, -0.15) is 0 Å². The molecular weight excluding hydrogens is 819 g/mol. The monoisotopic (exact) mass is 883 g/mol. The van der Waals surface area contributed by atoms with Crippen molar-refractivity contribution in [3.8, 4) is 11.8 Å². The molecule has 4 saturated carbocycles. The Morgan fingerprint density at radius 1 is 0.969 bits per heavy atom. The first-order valence-corrected chi connectivity index (χ1v) is 24.1. The van der Waals surface area contributed by atoms with E-state index in [4.69, 9.17) is 16.5 Å². The van der Waals surface area contributed by atoms with E-state index in [1.807, 2.05) is 55.5 Å². The van der Waals surface area contributed by atoms with Crippen molar-refractivity contribution >= 4 is 29.6 Å². The second kappa shape index (κ2) is 14.7. The van der Waals surface area contributed by atoms with Crippen molar-refractivity contribution < 1.29 is 39.9 Å². The fourth-order valence-corrected chi connectivity index (χ4v) is 17.2. The number of aliphatic carboxylic acids is 1. The second-order valence-electron chi connectivity index (χ2n) is 22.0. The largest absolute Gasteiger partial charge is 0.478 e. The molecule has 11 heteroatoms. The minimum Gasteiger partial charge on any atom is -0.478 e. The first-order chi connectivity index (χ1) is 30.8. The molecule has 9 aliphatic carbocycles. The van der Waals surface area contributed by atoms with Crippen LogP contribution in [0.1, 0.15) is 123 Å². The molecule has 9 aliphatic rings. The lowest BCUT2D eigenvalue weighted by molar-refractivity contribution is -0.178. The highest BCUT2D eigenvalue weighted by molar-refractivity contribution is 6.02. The first kappa shape index (κ1) is 44.2. The van der Waals surface area contributed by atoms with E-state index < -0.39 is 85.7 Å². The summed E-state index contributed by atoms with van der Waals surface area (Å²) in [5, 5.41) is 62.2. The van der Waals surface area contributed by atoms with E-state index >= 15 is 4.79 Å². The van der Waals surface area contributed by atoms with Crippen LogP contribution in [0.3, 0.4) is 0 Å². The number of aliphatic hydroxyl groups excluding tert-OH is 2. The van der Waals surface area contributed by atoms with Gasteiger partial charge >= 0.3 is 5.97 Å². The minimum atomic E-state index is -1.77. The molecule has 4 spiro atoms. The summed E-state index contributed by atoms with van der Waals surface area (Å²) in [6, 6.07) is 9.93. The molecule has 9 N–H and O–H groups in total. The van der Waals surface area contributed by atoms with Gasteiger partial charge in [0.05, 0.1) is 23.3 Å². The Labute approximate surface area is 381 Å². The predicted octanol–water partition coefficient (Wildman–Crippen LogP) is 6.26. The number of carbonyl (C=O) groups is 3. The number of guanidine groups is 1. The van der Waals surface area contributed by atoms with Crippen molar-refractivity contribution in [2.45, 2.75) is 146 Å². The van der Waals surface area contributed by atoms with Crippen molar-refractivity contribution in [1.29, 1.82) is 0 Å². The number of hydrogen-bond donors (Lipinski definition) is 7. The summed E-state index contributed by atoms with van der Waals surface area (Å²) in [5.41, 5.74) is 5.37. The standard InChI is InChI=1S/C54H65N3O8/c1-32(58)29-36(45(62)63)35-17-24-50(57-46(55)56)26-25-49(33(2)40(50)42(35)61)31-52(64)27-28-53(65)37(16-15-34-13-7-4-8-14-34)43-47(3)19-9-5-12-22-54(52)44(53)41-38(59)30-51(49,54)21-11-6-10-20-48(41,43)23-18-39(47)60/h4,7-8,13-16,25-28,32-33,37,40,42-43,58,61,64-65H,6,10-12,17-24,29-31H2,1-3H3,(H,62,63)(H4,55,56,57)/b16-15+,36-35+/t32-,33+,37-,40-,42+,43+,47+,48+,49+,50+,51+,52-,53+,54-/m0/s1. The van der Waals surface area contributed by atoms with E-state index in [9.17, 15) is 35.1 Å². The number of aliphatic hydroxyl groups is 4. The minimum absolute atomic E-state index is 0.0389. The molecular formula is C54H65N3O8. The van der Waals surface area contributed by atoms with Crippen LogP contribution in [0, 0.1) is 62.6 Å². The number of nitrogens with zero attached hydrogens (tertiary/aromatic N) is 1. The molecule has 0 amide bonds. The maximum atomic E-state index is 16.2. The summed E-state index contributed by atoms with van der Waals surface area (Å²) in [6.45, 7) is 5.60. The van der Waals surface area contributed by atoms with Gasteiger partial charge in [0, 0.05) is 76.7 Å². The van der Waals surface area contributed by atoms with Crippen LogP contribution in [0.5, 0.6) is 0 Å². The summed E-state index contributed by atoms with van der Waals surface area (Å²) in [5.74, 6) is 3.18. The zero-order valence-corrected chi connectivity index (χ0v) is 38.0. The average Bonchev–Trinajstić information content (AvgIpc) is 3.42. The Bertz CT molecular complexity index is 2510. The summed E-state index contributed by atoms with van der Waals surface area (Å²) in [6.07, 6.45) is 15.5. The van der Waals surface area contributed by atoms with Crippen LogP contribution >= 0.6 is 0 Å². The highest BCUT2D eigenvalue weighted by atomic mass is 16.4. The quantitative estimate of drug-likeness (QED) is 0.0560. The van der Waals surface area contributed by atoms with E-state index in [0.29, 0.717) is 61.7 Å². The van der Waals surface area contributed by atoms with Crippen LogP contribution in [0.2, 0.25) is 0 Å². The highest BCUT2D eigenvalue weighted by Crippen LogP contribution is 2.85. The van der Waals surface area contributed by atoms with Crippen molar-refractivity contribution in [3.05, 3.63) is 88.6 Å². The van der Waals surface area contributed by atoms with E-state index in [2.05, 4.69) is 30.9 Å². The number of rotatable bonds is 6. The Hall–Kier alpha value is -4.60. The van der Waals surface area contributed by atoms with Gasteiger partial charge in [-0.15, -0.1) is 11.8 Å². The fraction of sp³-hybridized carbons (Fsp3) is 0.593. The third kappa shape index (κ3) is 5.57. The summed E-state index contributed by atoms with van der Waals surface area (Å²) >= 11 is 0. The SMILES string of the molecule is C[C@H](O)C/C(C(=O)O)=C1/CC[C@@]2(N=C(N)N)C=C[C@@]3(C[C@@]4(O)C=C[C@]5(O)C6=C7C(=O)C[C@]38CCCCC[C@@]73CCC(=O)[C@@](C)(CC#CCC[C@]684)[C@H]3[C@@H]5/C=C/c3ccccc3)[C@H](C)[C@H]2[C@@H]1O. The van der Waals surface area contributed by atoms with Crippen molar-refractivity contribution in [3.63, 3.8) is 0 Å². The fourth-order valence-electron chi connectivity index (χ4n) is 17.2. The van der Waals surface area contributed by atoms with Gasteiger partial charge in [0.25, 0.3) is 0 Å². The molecule has 0 unspecified atom stereocenters. The van der Waals surface area contributed by atoms with E-state index in [0.717, 1.165) is 24.8 Å². The number of carboxylic acids is 1. The number of nitrogens with two attached hydrogens (primary N) is 2. The molecule has 1 aromatic carbocycles. The molecule has 65 heavy (non-hydrogen) atoms. The van der Waals surface area contributed by atoms with Crippen LogP contribution in [-0.4, -0.2) is 78.0 Å². The molecule has 10 rings (SSSR count). The third-order valence-electron chi connectivity index (χ3n) is 19.3. The number of benzene rings is 1. The summed E-state index contributed by atoms with van der Waals surface area (Å²) in [7, 11) is 0. The average molecular weight is 884 g/mol. The molecule has 6 bridgehead atoms. The Morgan fingerprint density at radius 2 is 1.72 bits per heavy atom.